The second-order valence-electron chi connectivity index (χ2n) is 10.2. The zero-order valence-electron chi connectivity index (χ0n) is 22.9. The van der Waals surface area contributed by atoms with E-state index in [1.165, 1.54) is 42.0 Å². The van der Waals surface area contributed by atoms with Crippen LogP contribution in [0.25, 0.3) is 11.2 Å². The zero-order valence-corrected chi connectivity index (χ0v) is 23.7. The van der Waals surface area contributed by atoms with Crippen molar-refractivity contribution in [1.82, 2.24) is 18.7 Å². The molecule has 0 radical (unpaired) electrons. The number of allylic oxidation sites excluding steroid dienone is 2. The minimum absolute atomic E-state index is 0.0329. The molecule has 13 heteroatoms. The molecule has 1 aliphatic rings. The molecule has 1 fully saturated rings. The number of nitrogens with two attached hydrogens (primary N) is 2. The van der Waals surface area contributed by atoms with Crippen LogP contribution in [-0.4, -0.2) is 57.8 Å². The van der Waals surface area contributed by atoms with E-state index in [0.29, 0.717) is 25.6 Å². The van der Waals surface area contributed by atoms with Crippen LogP contribution in [0.5, 0.6) is 0 Å². The molecule has 1 aliphatic heterocycles. The largest absolute Gasteiger partial charge is 0.405 e. The van der Waals surface area contributed by atoms with E-state index in [9.17, 15) is 22.8 Å². The molecule has 12 nitrogen and oxygen atoms in total. The van der Waals surface area contributed by atoms with Crippen molar-refractivity contribution in [2.45, 2.75) is 50.7 Å². The Kier molecular flexibility index (Phi) is 8.45. The molecular weight excluding hydrogens is 534 g/mol. The number of anilines is 1. The van der Waals surface area contributed by atoms with E-state index in [2.05, 4.69) is 0 Å². The third-order valence-electron chi connectivity index (χ3n) is 6.90. The summed E-state index contributed by atoms with van der Waals surface area (Å²) in [5.41, 5.74) is 11.7. The summed E-state index contributed by atoms with van der Waals surface area (Å²) in [5.74, 6) is -0.358. The highest BCUT2D eigenvalue weighted by atomic mass is 32.2. The van der Waals surface area contributed by atoms with Crippen LogP contribution in [0.3, 0.4) is 0 Å². The van der Waals surface area contributed by atoms with Crippen molar-refractivity contribution in [1.29, 1.82) is 0 Å². The third kappa shape index (κ3) is 5.80. The van der Waals surface area contributed by atoms with Gasteiger partial charge < -0.3 is 20.9 Å². The first-order valence-corrected chi connectivity index (χ1v) is 14.7. The van der Waals surface area contributed by atoms with Crippen molar-refractivity contribution in [3.8, 4) is 0 Å². The lowest BCUT2D eigenvalue weighted by atomic mass is 10.1. The van der Waals surface area contributed by atoms with Crippen molar-refractivity contribution in [2.24, 2.45) is 18.5 Å². The van der Waals surface area contributed by atoms with Crippen molar-refractivity contribution in [3.05, 3.63) is 74.6 Å². The molecule has 214 valence electrons. The summed E-state index contributed by atoms with van der Waals surface area (Å²) in [6, 6.07) is 5.48. The van der Waals surface area contributed by atoms with Gasteiger partial charge in [-0.2, -0.15) is 4.98 Å². The van der Waals surface area contributed by atoms with Gasteiger partial charge in [0, 0.05) is 38.3 Å². The number of nitrogens with zero attached hydrogens (tertiary/aromatic N) is 5. The average Bonchev–Trinajstić information content (AvgIpc) is 3.31. The quantitative estimate of drug-likeness (QED) is 0.281. The highest BCUT2D eigenvalue weighted by molar-refractivity contribution is 7.91. The zero-order chi connectivity index (χ0) is 29.2. The molecule has 0 bridgehead atoms. The molecule has 1 aromatic carbocycles. The van der Waals surface area contributed by atoms with E-state index in [-0.39, 0.29) is 33.4 Å². The summed E-state index contributed by atoms with van der Waals surface area (Å²) in [4.78, 5) is 47.0. The number of sulfone groups is 1. The second kappa shape index (κ2) is 11.6. The molecule has 0 spiro atoms. The number of hydrogen-bond donors (Lipinski definition) is 2. The molecule has 4 N–H and O–H groups in total. The van der Waals surface area contributed by atoms with Crippen LogP contribution in [0, 0.1) is 0 Å². The summed E-state index contributed by atoms with van der Waals surface area (Å²) < 4.78 is 29.0. The number of ketones is 1. The maximum absolute atomic E-state index is 13.8. The van der Waals surface area contributed by atoms with Crippen molar-refractivity contribution < 1.29 is 13.2 Å². The molecule has 3 heterocycles. The molecule has 0 aliphatic carbocycles. The number of carbonyl (C=O) groups excluding carboxylic acids is 1. The van der Waals surface area contributed by atoms with Crippen LogP contribution in [0.4, 0.5) is 5.95 Å². The monoisotopic (exact) mass is 569 g/mol. The molecule has 0 saturated carbocycles. The van der Waals surface area contributed by atoms with Crippen LogP contribution in [0.15, 0.2) is 62.7 Å². The smallest absolute Gasteiger partial charge is 0.332 e. The van der Waals surface area contributed by atoms with Crippen LogP contribution < -0.4 is 27.6 Å². The van der Waals surface area contributed by atoms with E-state index >= 15 is 0 Å². The molecule has 1 saturated heterocycles. The second-order valence-corrected chi connectivity index (χ2v) is 12.3. The molecule has 1 atom stereocenters. The van der Waals surface area contributed by atoms with Gasteiger partial charge in [0.2, 0.25) is 5.95 Å². The summed E-state index contributed by atoms with van der Waals surface area (Å²) in [5, 5.41) is 0. The van der Waals surface area contributed by atoms with E-state index in [0.717, 1.165) is 29.2 Å². The predicted octanol–water partition coefficient (Wildman–Crippen LogP) is 0.919. The Balaban J connectivity index is 1.81. The van der Waals surface area contributed by atoms with Gasteiger partial charge in [0.15, 0.2) is 26.8 Å². The van der Waals surface area contributed by atoms with Gasteiger partial charge in [0.25, 0.3) is 5.56 Å². The molecule has 3 aromatic rings. The number of rotatable bonds is 9. The van der Waals surface area contributed by atoms with Crippen molar-refractivity contribution >= 4 is 32.7 Å². The van der Waals surface area contributed by atoms with Gasteiger partial charge in [-0.15, -0.1) is 0 Å². The molecule has 40 heavy (non-hydrogen) atoms. The van der Waals surface area contributed by atoms with Gasteiger partial charge in [-0.25, -0.2) is 13.2 Å². The van der Waals surface area contributed by atoms with Gasteiger partial charge in [-0.05, 0) is 45.0 Å². The standard InChI is InChI=1S/C27H35N7O5S/c1-18(2)10-13-33-23-24(30-26(33)32-12-5-8-20(29)16-32)31(3)27(37)34(25(23)36)17-22(35)19-7-4-9-21(15-19)40(38,39)14-6-11-28/h4,6-7,9-11,15,20H,5,8,12-14,16-17,28-29H2,1-3H3. The maximum Gasteiger partial charge on any atom is 0.332 e. The number of imidazole rings is 1. The Morgan fingerprint density at radius 1 is 1.20 bits per heavy atom. The first-order valence-electron chi connectivity index (χ1n) is 13.0. The number of carbonyl (C=O) groups is 1. The number of aromatic nitrogens is 4. The number of Topliss-reactive ketones (excluding diaryl/α,β-unsaturated/α-hetero) is 1. The summed E-state index contributed by atoms with van der Waals surface area (Å²) >= 11 is 0. The van der Waals surface area contributed by atoms with Gasteiger partial charge in [-0.1, -0.05) is 29.9 Å². The first kappa shape index (κ1) is 29.0. The maximum atomic E-state index is 13.8. The molecule has 0 amide bonds. The van der Waals surface area contributed by atoms with Gasteiger partial charge in [0.05, 0.1) is 17.2 Å². The Hall–Kier alpha value is -3.97. The van der Waals surface area contributed by atoms with E-state index in [4.69, 9.17) is 16.5 Å². The molecular formula is C27H35N7O5S. The first-order chi connectivity index (χ1) is 18.9. The summed E-state index contributed by atoms with van der Waals surface area (Å²) in [7, 11) is -2.21. The van der Waals surface area contributed by atoms with Crippen molar-refractivity contribution in [3.63, 3.8) is 0 Å². The topological polar surface area (TPSA) is 168 Å². The number of piperidine rings is 1. The van der Waals surface area contributed by atoms with Crippen LogP contribution >= 0.6 is 0 Å². The van der Waals surface area contributed by atoms with Gasteiger partial charge in [-0.3, -0.25) is 18.7 Å². The van der Waals surface area contributed by atoms with Crippen LogP contribution in [0.2, 0.25) is 0 Å². The fraction of sp³-hybridized carbons (Fsp3) is 0.407. The van der Waals surface area contributed by atoms with E-state index < -0.39 is 33.4 Å². The van der Waals surface area contributed by atoms with Gasteiger partial charge >= 0.3 is 5.69 Å². The molecule has 2 aromatic heterocycles. The summed E-state index contributed by atoms with van der Waals surface area (Å²) in [6.45, 7) is 4.96. The number of benzene rings is 1. The highest BCUT2D eigenvalue weighted by Gasteiger charge is 2.27. The fourth-order valence-electron chi connectivity index (χ4n) is 4.76. The van der Waals surface area contributed by atoms with E-state index in [1.54, 1.807) is 4.57 Å². The Bertz CT molecular complexity index is 1730. The molecule has 1 unspecified atom stereocenters. The Labute approximate surface area is 232 Å². The predicted molar refractivity (Wildman–Crippen MR) is 154 cm³/mol. The molecule has 4 rings (SSSR count). The third-order valence-corrected chi connectivity index (χ3v) is 8.51. The minimum atomic E-state index is -3.72. The lowest BCUT2D eigenvalue weighted by Gasteiger charge is -2.31. The van der Waals surface area contributed by atoms with Gasteiger partial charge in [0.1, 0.15) is 0 Å². The summed E-state index contributed by atoms with van der Waals surface area (Å²) in [6.07, 6.45) is 6.16. The Morgan fingerprint density at radius 2 is 1.95 bits per heavy atom. The normalized spacial score (nSPS) is 16.1. The minimum Gasteiger partial charge on any atom is -0.405 e. The Morgan fingerprint density at radius 3 is 2.62 bits per heavy atom. The lowest BCUT2D eigenvalue weighted by molar-refractivity contribution is 0.0968. The lowest BCUT2D eigenvalue weighted by Crippen LogP contribution is -2.44. The van der Waals surface area contributed by atoms with Crippen LogP contribution in [0.1, 0.15) is 37.0 Å². The fourth-order valence-corrected chi connectivity index (χ4v) is 5.91. The number of hydrogen-bond acceptors (Lipinski definition) is 9. The van der Waals surface area contributed by atoms with Crippen LogP contribution in [-0.2, 0) is 30.0 Å². The van der Waals surface area contributed by atoms with Crippen molar-refractivity contribution in [2.75, 3.05) is 23.7 Å². The highest BCUT2D eigenvalue weighted by Crippen LogP contribution is 2.23. The van der Waals surface area contributed by atoms with E-state index in [1.807, 2.05) is 24.8 Å². The average molecular weight is 570 g/mol. The number of aryl methyl sites for hydroxylation is 1. The number of fused-ring (bicyclic) bond motifs is 1. The SMILES string of the molecule is CC(C)=CCn1c(N2CCCC(N)C2)nc2c1c(=O)n(CC(=O)c1cccc(S(=O)(=O)CC=CN)c1)c(=O)n2C.